The van der Waals surface area contributed by atoms with E-state index in [-0.39, 0.29) is 0 Å². The van der Waals surface area contributed by atoms with Crippen LogP contribution in [0, 0.1) is 6.92 Å². The molecule has 130 valence electrons. The number of rotatable bonds is 3. The van der Waals surface area contributed by atoms with Crippen molar-refractivity contribution in [3.8, 4) is 33.0 Å². The highest BCUT2D eigenvalue weighted by atomic mass is 32.1. The van der Waals surface area contributed by atoms with Crippen molar-refractivity contribution in [2.45, 2.75) is 6.92 Å². The minimum Gasteiger partial charge on any atom is -0.289 e. The standard InChI is InChI=1S/C24H18N2S/c1-17-12-14-18(15-13-17)21-16-26-22(19-8-4-2-5-9-19)23(27-24(26)25-21)20-10-6-3-7-11-20/h2-16H,1H3. The van der Waals surface area contributed by atoms with Crippen LogP contribution in [-0.4, -0.2) is 9.38 Å². The molecular weight excluding hydrogens is 348 g/mol. The molecule has 0 fully saturated rings. The van der Waals surface area contributed by atoms with Crippen LogP contribution in [0.25, 0.3) is 37.9 Å². The second-order valence-electron chi connectivity index (χ2n) is 6.66. The normalized spacial score (nSPS) is 11.1. The monoisotopic (exact) mass is 366 g/mol. The van der Waals surface area contributed by atoms with Crippen molar-refractivity contribution < 1.29 is 0 Å². The topological polar surface area (TPSA) is 17.3 Å². The number of aryl methyl sites for hydroxylation is 1. The van der Waals surface area contributed by atoms with E-state index >= 15 is 0 Å². The lowest BCUT2D eigenvalue weighted by Crippen LogP contribution is -1.87. The Morgan fingerprint density at radius 2 is 1.33 bits per heavy atom. The summed E-state index contributed by atoms with van der Waals surface area (Å²) >= 11 is 1.74. The van der Waals surface area contributed by atoms with E-state index < -0.39 is 0 Å². The predicted molar refractivity (Wildman–Crippen MR) is 114 cm³/mol. The van der Waals surface area contributed by atoms with Crippen molar-refractivity contribution >= 4 is 16.3 Å². The van der Waals surface area contributed by atoms with Crippen LogP contribution in [0.1, 0.15) is 5.56 Å². The number of aromatic nitrogens is 2. The van der Waals surface area contributed by atoms with E-state index in [2.05, 4.69) is 102 Å². The van der Waals surface area contributed by atoms with Crippen molar-refractivity contribution in [3.63, 3.8) is 0 Å². The number of thiazole rings is 1. The lowest BCUT2D eigenvalue weighted by atomic mass is 10.1. The SMILES string of the molecule is Cc1ccc(-c2cn3c(-c4ccccc4)c(-c4ccccc4)sc3n2)cc1. The summed E-state index contributed by atoms with van der Waals surface area (Å²) in [5.74, 6) is 0. The molecule has 3 heteroatoms. The van der Waals surface area contributed by atoms with E-state index in [1.54, 1.807) is 11.3 Å². The molecule has 0 aliphatic heterocycles. The zero-order valence-electron chi connectivity index (χ0n) is 15.0. The fourth-order valence-electron chi connectivity index (χ4n) is 3.36. The van der Waals surface area contributed by atoms with Gasteiger partial charge in [0.15, 0.2) is 4.96 Å². The average molecular weight is 366 g/mol. The maximum atomic E-state index is 4.93. The quantitative estimate of drug-likeness (QED) is 0.347. The Hall–Kier alpha value is -3.17. The van der Waals surface area contributed by atoms with Crippen molar-refractivity contribution in [1.29, 1.82) is 0 Å². The summed E-state index contributed by atoms with van der Waals surface area (Å²) in [7, 11) is 0. The van der Waals surface area contributed by atoms with Gasteiger partial charge in [0.25, 0.3) is 0 Å². The zero-order valence-corrected chi connectivity index (χ0v) is 15.8. The Morgan fingerprint density at radius 1 is 0.704 bits per heavy atom. The Balaban J connectivity index is 1.74. The highest BCUT2D eigenvalue weighted by Crippen LogP contribution is 2.40. The summed E-state index contributed by atoms with van der Waals surface area (Å²) in [5, 5.41) is 0. The molecule has 0 spiro atoms. The summed E-state index contributed by atoms with van der Waals surface area (Å²) in [4.78, 5) is 7.19. The van der Waals surface area contributed by atoms with E-state index in [1.165, 1.54) is 27.3 Å². The number of hydrogen-bond acceptors (Lipinski definition) is 2. The van der Waals surface area contributed by atoms with Crippen molar-refractivity contribution in [3.05, 3.63) is 96.7 Å². The van der Waals surface area contributed by atoms with Gasteiger partial charge in [0.2, 0.25) is 0 Å². The first kappa shape index (κ1) is 16.0. The average Bonchev–Trinajstić information content (AvgIpc) is 3.28. The van der Waals surface area contributed by atoms with Crippen LogP contribution >= 0.6 is 11.3 Å². The molecule has 0 aliphatic carbocycles. The summed E-state index contributed by atoms with van der Waals surface area (Å²) in [6.07, 6.45) is 2.16. The minimum atomic E-state index is 1.01. The van der Waals surface area contributed by atoms with Crippen molar-refractivity contribution in [1.82, 2.24) is 9.38 Å². The molecule has 0 radical (unpaired) electrons. The molecule has 0 amide bonds. The Bertz CT molecular complexity index is 1200. The van der Waals surface area contributed by atoms with Gasteiger partial charge >= 0.3 is 0 Å². The van der Waals surface area contributed by atoms with Gasteiger partial charge in [-0.3, -0.25) is 4.40 Å². The second kappa shape index (κ2) is 6.53. The predicted octanol–water partition coefficient (Wildman–Crippen LogP) is 6.71. The maximum Gasteiger partial charge on any atom is 0.195 e. The number of hydrogen-bond donors (Lipinski definition) is 0. The molecular formula is C24H18N2S. The maximum absolute atomic E-state index is 4.93. The molecule has 3 aromatic carbocycles. The lowest BCUT2D eigenvalue weighted by Gasteiger charge is -2.05. The number of imidazole rings is 1. The van der Waals surface area contributed by atoms with E-state index in [1.807, 2.05) is 0 Å². The van der Waals surface area contributed by atoms with Gasteiger partial charge in [-0.05, 0) is 12.5 Å². The molecule has 2 heterocycles. The van der Waals surface area contributed by atoms with E-state index in [0.717, 1.165) is 16.2 Å². The molecule has 2 nitrogen and oxygen atoms in total. The van der Waals surface area contributed by atoms with Crippen LogP contribution in [0.3, 0.4) is 0 Å². The first-order valence-electron chi connectivity index (χ1n) is 8.99. The van der Waals surface area contributed by atoms with E-state index in [9.17, 15) is 0 Å². The molecule has 0 unspecified atom stereocenters. The first-order chi connectivity index (χ1) is 13.3. The Morgan fingerprint density at radius 3 is 2.00 bits per heavy atom. The second-order valence-corrected chi connectivity index (χ2v) is 7.63. The largest absolute Gasteiger partial charge is 0.289 e. The minimum absolute atomic E-state index is 1.01. The van der Waals surface area contributed by atoms with Gasteiger partial charge in [-0.1, -0.05) is 102 Å². The fourth-order valence-corrected chi connectivity index (χ4v) is 4.49. The van der Waals surface area contributed by atoms with Crippen LogP contribution in [0.15, 0.2) is 91.1 Å². The number of fused-ring (bicyclic) bond motifs is 1. The molecule has 0 N–H and O–H groups in total. The number of benzene rings is 3. The highest BCUT2D eigenvalue weighted by molar-refractivity contribution is 7.20. The Kier molecular flexibility index (Phi) is 3.88. The van der Waals surface area contributed by atoms with Crippen LogP contribution < -0.4 is 0 Å². The lowest BCUT2D eigenvalue weighted by molar-refractivity contribution is 1.24. The molecule has 0 saturated carbocycles. The van der Waals surface area contributed by atoms with Crippen LogP contribution in [-0.2, 0) is 0 Å². The fraction of sp³-hybridized carbons (Fsp3) is 0.0417. The molecule has 27 heavy (non-hydrogen) atoms. The van der Waals surface area contributed by atoms with Crippen molar-refractivity contribution in [2.24, 2.45) is 0 Å². The third kappa shape index (κ3) is 2.86. The molecule has 5 rings (SSSR count). The third-order valence-corrected chi connectivity index (χ3v) is 5.86. The van der Waals surface area contributed by atoms with Gasteiger partial charge in [0.05, 0.1) is 16.3 Å². The summed E-state index contributed by atoms with van der Waals surface area (Å²) < 4.78 is 2.23. The molecule has 0 saturated heterocycles. The van der Waals surface area contributed by atoms with Gasteiger partial charge in [0.1, 0.15) is 0 Å². The third-order valence-electron chi connectivity index (χ3n) is 4.75. The summed E-state index contributed by atoms with van der Waals surface area (Å²) in [6.45, 7) is 2.11. The summed E-state index contributed by atoms with van der Waals surface area (Å²) in [6, 6.07) is 29.7. The highest BCUT2D eigenvalue weighted by Gasteiger charge is 2.18. The van der Waals surface area contributed by atoms with E-state index in [4.69, 9.17) is 4.98 Å². The van der Waals surface area contributed by atoms with Gasteiger partial charge in [-0.25, -0.2) is 4.98 Å². The van der Waals surface area contributed by atoms with E-state index in [0.29, 0.717) is 0 Å². The first-order valence-corrected chi connectivity index (χ1v) is 9.81. The van der Waals surface area contributed by atoms with Crippen molar-refractivity contribution in [2.75, 3.05) is 0 Å². The van der Waals surface area contributed by atoms with Gasteiger partial charge in [-0.2, -0.15) is 0 Å². The van der Waals surface area contributed by atoms with Gasteiger partial charge in [0, 0.05) is 17.3 Å². The molecule has 0 aliphatic rings. The van der Waals surface area contributed by atoms with Crippen LogP contribution in [0.5, 0.6) is 0 Å². The Labute approximate surface area is 162 Å². The van der Waals surface area contributed by atoms with Crippen LogP contribution in [0.2, 0.25) is 0 Å². The molecule has 0 atom stereocenters. The smallest absolute Gasteiger partial charge is 0.195 e. The van der Waals surface area contributed by atoms with Gasteiger partial charge < -0.3 is 0 Å². The molecule has 2 aromatic heterocycles. The zero-order chi connectivity index (χ0) is 18.2. The molecule has 0 bridgehead atoms. The molecule has 5 aromatic rings. The summed E-state index contributed by atoms with van der Waals surface area (Å²) in [5.41, 5.74) is 7.05. The number of nitrogens with zero attached hydrogens (tertiary/aromatic N) is 2. The van der Waals surface area contributed by atoms with Crippen LogP contribution in [0.4, 0.5) is 0 Å². The van der Waals surface area contributed by atoms with Gasteiger partial charge in [-0.15, -0.1) is 0 Å².